The van der Waals surface area contributed by atoms with Crippen molar-refractivity contribution >= 4 is 23.5 Å². The Hall–Kier alpha value is -1.16. The number of carbonyl (C=O) groups excluding carboxylic acids is 1. The number of benzene rings is 1. The number of urea groups is 1. The SMILES string of the molecule is CCCCSCCNC(=O)Nc1ccccc1C. The lowest BCUT2D eigenvalue weighted by Crippen LogP contribution is -2.30. The molecule has 0 aliphatic rings. The van der Waals surface area contributed by atoms with E-state index in [1.165, 1.54) is 18.6 Å². The molecule has 0 aromatic heterocycles. The van der Waals surface area contributed by atoms with Crippen LogP contribution in [0, 0.1) is 6.92 Å². The van der Waals surface area contributed by atoms with E-state index in [2.05, 4.69) is 17.6 Å². The van der Waals surface area contributed by atoms with Crippen molar-refractivity contribution in [2.45, 2.75) is 26.7 Å². The molecule has 1 aromatic rings. The van der Waals surface area contributed by atoms with Crippen molar-refractivity contribution in [2.24, 2.45) is 0 Å². The molecule has 2 N–H and O–H groups in total. The number of aryl methyl sites for hydroxylation is 1. The molecule has 0 atom stereocenters. The Labute approximate surface area is 114 Å². The third kappa shape index (κ3) is 5.96. The average molecular weight is 266 g/mol. The molecular formula is C14H22N2OS. The summed E-state index contributed by atoms with van der Waals surface area (Å²) in [6.07, 6.45) is 2.48. The summed E-state index contributed by atoms with van der Waals surface area (Å²) in [4.78, 5) is 11.6. The highest BCUT2D eigenvalue weighted by molar-refractivity contribution is 7.99. The first-order chi connectivity index (χ1) is 8.74. The lowest BCUT2D eigenvalue weighted by molar-refractivity contribution is 0.252. The third-order valence-corrected chi connectivity index (χ3v) is 3.64. The Morgan fingerprint density at radius 3 is 2.78 bits per heavy atom. The van der Waals surface area contributed by atoms with Crippen molar-refractivity contribution in [3.05, 3.63) is 29.8 Å². The van der Waals surface area contributed by atoms with E-state index in [1.807, 2.05) is 43.0 Å². The molecule has 0 heterocycles. The molecule has 100 valence electrons. The van der Waals surface area contributed by atoms with Gasteiger partial charge >= 0.3 is 6.03 Å². The smallest absolute Gasteiger partial charge is 0.319 e. The van der Waals surface area contributed by atoms with Crippen molar-refractivity contribution in [2.75, 3.05) is 23.4 Å². The van der Waals surface area contributed by atoms with E-state index in [-0.39, 0.29) is 6.03 Å². The maximum atomic E-state index is 11.6. The van der Waals surface area contributed by atoms with E-state index >= 15 is 0 Å². The van der Waals surface area contributed by atoms with Gasteiger partial charge in [0.15, 0.2) is 0 Å². The van der Waals surface area contributed by atoms with Crippen molar-refractivity contribution < 1.29 is 4.79 Å². The molecule has 1 aromatic carbocycles. The molecule has 0 radical (unpaired) electrons. The molecule has 0 fully saturated rings. The standard InChI is InChI=1S/C14H22N2OS/c1-3-4-10-18-11-9-15-14(17)16-13-8-6-5-7-12(13)2/h5-8H,3-4,9-11H2,1-2H3,(H2,15,16,17). The Morgan fingerprint density at radius 2 is 2.06 bits per heavy atom. The van der Waals surface area contributed by atoms with Gasteiger partial charge in [0.2, 0.25) is 0 Å². The number of amides is 2. The highest BCUT2D eigenvalue weighted by atomic mass is 32.2. The predicted molar refractivity (Wildman–Crippen MR) is 80.4 cm³/mol. The molecule has 0 spiro atoms. The van der Waals surface area contributed by atoms with Gasteiger partial charge in [-0.05, 0) is 30.7 Å². The topological polar surface area (TPSA) is 41.1 Å². The largest absolute Gasteiger partial charge is 0.337 e. The second kappa shape index (κ2) is 8.86. The zero-order valence-electron chi connectivity index (χ0n) is 11.2. The second-order valence-electron chi connectivity index (χ2n) is 4.16. The summed E-state index contributed by atoms with van der Waals surface area (Å²) in [5.74, 6) is 2.15. The molecule has 0 bridgehead atoms. The molecule has 18 heavy (non-hydrogen) atoms. The maximum absolute atomic E-state index is 11.6. The first kappa shape index (κ1) is 14.9. The number of unbranched alkanes of at least 4 members (excludes halogenated alkanes) is 1. The number of carbonyl (C=O) groups is 1. The molecular weight excluding hydrogens is 244 g/mol. The summed E-state index contributed by atoms with van der Waals surface area (Å²) >= 11 is 1.89. The number of nitrogens with one attached hydrogen (secondary N) is 2. The number of hydrogen-bond acceptors (Lipinski definition) is 2. The van der Waals surface area contributed by atoms with Crippen LogP contribution >= 0.6 is 11.8 Å². The van der Waals surface area contributed by atoms with E-state index < -0.39 is 0 Å². The number of thioether (sulfide) groups is 1. The van der Waals surface area contributed by atoms with E-state index in [9.17, 15) is 4.79 Å². The first-order valence-corrected chi connectivity index (χ1v) is 7.57. The summed E-state index contributed by atoms with van der Waals surface area (Å²) in [5, 5.41) is 5.72. The van der Waals surface area contributed by atoms with Crippen LogP contribution in [0.15, 0.2) is 24.3 Å². The van der Waals surface area contributed by atoms with Gasteiger partial charge in [-0.3, -0.25) is 0 Å². The zero-order chi connectivity index (χ0) is 13.2. The van der Waals surface area contributed by atoms with Gasteiger partial charge in [0.1, 0.15) is 0 Å². The minimum atomic E-state index is -0.125. The van der Waals surface area contributed by atoms with Crippen molar-refractivity contribution in [1.29, 1.82) is 0 Å². The van der Waals surface area contributed by atoms with Gasteiger partial charge in [-0.2, -0.15) is 11.8 Å². The van der Waals surface area contributed by atoms with Crippen molar-refractivity contribution in [1.82, 2.24) is 5.32 Å². The molecule has 0 aliphatic carbocycles. The quantitative estimate of drug-likeness (QED) is 0.740. The predicted octanol–water partition coefficient (Wildman–Crippen LogP) is 3.65. The zero-order valence-corrected chi connectivity index (χ0v) is 12.0. The molecule has 2 amide bonds. The minimum Gasteiger partial charge on any atom is -0.337 e. The fourth-order valence-corrected chi connectivity index (χ4v) is 2.41. The van der Waals surface area contributed by atoms with E-state index in [1.54, 1.807) is 0 Å². The Balaban J connectivity index is 2.16. The van der Waals surface area contributed by atoms with Crippen LogP contribution in [0.1, 0.15) is 25.3 Å². The second-order valence-corrected chi connectivity index (χ2v) is 5.39. The number of para-hydroxylation sites is 1. The number of rotatable bonds is 7. The summed E-state index contributed by atoms with van der Waals surface area (Å²) in [5.41, 5.74) is 1.94. The van der Waals surface area contributed by atoms with Gasteiger partial charge in [-0.1, -0.05) is 31.5 Å². The van der Waals surface area contributed by atoms with Crippen molar-refractivity contribution in [3.63, 3.8) is 0 Å². The van der Waals surface area contributed by atoms with Gasteiger partial charge in [-0.25, -0.2) is 4.79 Å². The highest BCUT2D eigenvalue weighted by Gasteiger charge is 2.02. The number of anilines is 1. The van der Waals surface area contributed by atoms with Crippen LogP contribution in [-0.4, -0.2) is 24.1 Å². The molecule has 4 heteroatoms. The van der Waals surface area contributed by atoms with Gasteiger partial charge in [0.25, 0.3) is 0 Å². The summed E-state index contributed by atoms with van der Waals surface area (Å²) in [6.45, 7) is 4.89. The lowest BCUT2D eigenvalue weighted by atomic mass is 10.2. The molecule has 0 saturated heterocycles. The van der Waals surface area contributed by atoms with Gasteiger partial charge in [-0.15, -0.1) is 0 Å². The van der Waals surface area contributed by atoms with Crippen LogP contribution in [0.2, 0.25) is 0 Å². The summed E-state index contributed by atoms with van der Waals surface area (Å²) in [6, 6.07) is 7.65. The monoisotopic (exact) mass is 266 g/mol. The Bertz CT molecular complexity index is 369. The van der Waals surface area contributed by atoms with Crippen LogP contribution in [0.5, 0.6) is 0 Å². The minimum absolute atomic E-state index is 0.125. The summed E-state index contributed by atoms with van der Waals surface area (Å²) < 4.78 is 0. The number of hydrogen-bond donors (Lipinski definition) is 2. The molecule has 1 rings (SSSR count). The fourth-order valence-electron chi connectivity index (χ4n) is 1.46. The van der Waals surface area contributed by atoms with Crippen LogP contribution < -0.4 is 10.6 Å². The van der Waals surface area contributed by atoms with Crippen LogP contribution in [0.25, 0.3) is 0 Å². The molecule has 3 nitrogen and oxygen atoms in total. The van der Waals surface area contributed by atoms with Crippen LogP contribution in [-0.2, 0) is 0 Å². The normalized spacial score (nSPS) is 10.1. The van der Waals surface area contributed by atoms with E-state index in [0.29, 0.717) is 6.54 Å². The van der Waals surface area contributed by atoms with Gasteiger partial charge in [0, 0.05) is 18.0 Å². The van der Waals surface area contributed by atoms with Crippen LogP contribution in [0.4, 0.5) is 10.5 Å². The summed E-state index contributed by atoms with van der Waals surface area (Å²) in [7, 11) is 0. The fraction of sp³-hybridized carbons (Fsp3) is 0.500. The average Bonchev–Trinajstić information content (AvgIpc) is 2.36. The van der Waals surface area contributed by atoms with Crippen molar-refractivity contribution in [3.8, 4) is 0 Å². The van der Waals surface area contributed by atoms with E-state index in [4.69, 9.17) is 0 Å². The Morgan fingerprint density at radius 1 is 1.28 bits per heavy atom. The molecule has 0 aliphatic heterocycles. The maximum Gasteiger partial charge on any atom is 0.319 e. The lowest BCUT2D eigenvalue weighted by Gasteiger charge is -2.09. The van der Waals surface area contributed by atoms with Gasteiger partial charge < -0.3 is 10.6 Å². The van der Waals surface area contributed by atoms with E-state index in [0.717, 1.165) is 17.0 Å². The Kier molecular flexibility index (Phi) is 7.34. The van der Waals surface area contributed by atoms with Crippen LogP contribution in [0.3, 0.4) is 0 Å². The third-order valence-electron chi connectivity index (χ3n) is 2.57. The van der Waals surface area contributed by atoms with Gasteiger partial charge in [0.05, 0.1) is 0 Å². The highest BCUT2D eigenvalue weighted by Crippen LogP contribution is 2.12. The molecule has 0 saturated carbocycles. The first-order valence-electron chi connectivity index (χ1n) is 6.42. The molecule has 0 unspecified atom stereocenters.